The average molecular weight is 329 g/mol. The molecule has 1 aromatic carbocycles. The Hall–Kier alpha value is -0.640. The highest BCUT2D eigenvalue weighted by atomic mass is 35.5. The van der Waals surface area contributed by atoms with E-state index in [0.29, 0.717) is 5.88 Å². The molecule has 0 amide bonds. The van der Waals surface area contributed by atoms with Crippen molar-refractivity contribution in [1.82, 2.24) is 9.55 Å². The Morgan fingerprint density at radius 1 is 1.30 bits per heavy atom. The molecule has 0 aliphatic rings. The van der Waals surface area contributed by atoms with Gasteiger partial charge < -0.3 is 0 Å². The number of thioether (sulfide) groups is 1. The highest BCUT2D eigenvalue weighted by Crippen LogP contribution is 2.30. The van der Waals surface area contributed by atoms with E-state index in [4.69, 9.17) is 28.2 Å². The van der Waals surface area contributed by atoms with E-state index >= 15 is 0 Å². The van der Waals surface area contributed by atoms with Crippen molar-refractivity contribution >= 4 is 35.0 Å². The number of aryl methyl sites for hydroxylation is 1. The van der Waals surface area contributed by atoms with Gasteiger partial charge in [0.05, 0.1) is 16.4 Å². The van der Waals surface area contributed by atoms with Gasteiger partial charge in [0.2, 0.25) is 0 Å². The smallest absolute Gasteiger partial charge is 0.173 e. The van der Waals surface area contributed by atoms with Crippen LogP contribution in [0.25, 0.3) is 5.69 Å². The zero-order valence-corrected chi connectivity index (χ0v) is 14.0. The molecule has 0 saturated heterocycles. The molecule has 0 radical (unpaired) electrons. The molecule has 2 aromatic rings. The molecule has 0 saturated carbocycles. The summed E-state index contributed by atoms with van der Waals surface area (Å²) in [4.78, 5) is 4.69. The Balaban J connectivity index is 2.55. The summed E-state index contributed by atoms with van der Waals surface area (Å²) >= 11 is 14.1. The van der Waals surface area contributed by atoms with Crippen LogP contribution in [0.1, 0.15) is 24.7 Å². The molecular formula is C15H18Cl2N2S. The summed E-state index contributed by atoms with van der Waals surface area (Å²) < 4.78 is 2.15. The Labute approximate surface area is 134 Å². The topological polar surface area (TPSA) is 17.8 Å². The molecule has 0 N–H and O–H groups in total. The second kappa shape index (κ2) is 7.39. The number of hydrogen-bond donors (Lipinski definition) is 0. The summed E-state index contributed by atoms with van der Waals surface area (Å²) in [5.41, 5.74) is 3.16. The summed E-state index contributed by atoms with van der Waals surface area (Å²) in [7, 11) is 0. The van der Waals surface area contributed by atoms with Crippen LogP contribution >= 0.6 is 35.0 Å². The molecule has 0 spiro atoms. The van der Waals surface area contributed by atoms with Gasteiger partial charge in [-0.2, -0.15) is 0 Å². The second-order valence-corrected chi connectivity index (χ2v) is 6.35. The number of nitrogens with zero attached hydrogens (tertiary/aromatic N) is 2. The lowest BCUT2D eigenvalue weighted by atomic mass is 10.2. The number of aromatic nitrogens is 2. The zero-order valence-electron chi connectivity index (χ0n) is 11.7. The van der Waals surface area contributed by atoms with Crippen LogP contribution < -0.4 is 0 Å². The predicted octanol–water partition coefficient (Wildman–Crippen LogP) is 5.12. The quantitative estimate of drug-likeness (QED) is 0.541. The molecule has 0 bridgehead atoms. The van der Waals surface area contributed by atoms with Gasteiger partial charge >= 0.3 is 0 Å². The molecule has 0 aliphatic heterocycles. The summed E-state index contributed by atoms with van der Waals surface area (Å²) in [6, 6.07) is 7.87. The molecule has 108 valence electrons. The van der Waals surface area contributed by atoms with Gasteiger partial charge in [0.1, 0.15) is 0 Å². The number of para-hydroxylation sites is 1. The minimum Gasteiger partial charge on any atom is -0.290 e. The number of benzene rings is 1. The molecule has 1 heterocycles. The van der Waals surface area contributed by atoms with Crippen molar-refractivity contribution in [1.29, 1.82) is 0 Å². The monoisotopic (exact) mass is 328 g/mol. The largest absolute Gasteiger partial charge is 0.290 e. The van der Waals surface area contributed by atoms with E-state index in [1.807, 2.05) is 31.2 Å². The van der Waals surface area contributed by atoms with E-state index in [2.05, 4.69) is 11.5 Å². The van der Waals surface area contributed by atoms with E-state index in [1.54, 1.807) is 11.8 Å². The van der Waals surface area contributed by atoms with Crippen LogP contribution in [0, 0.1) is 6.92 Å². The first-order valence-corrected chi connectivity index (χ1v) is 8.60. The highest BCUT2D eigenvalue weighted by molar-refractivity contribution is 7.99. The van der Waals surface area contributed by atoms with Gasteiger partial charge in [0.15, 0.2) is 5.16 Å². The van der Waals surface area contributed by atoms with Crippen molar-refractivity contribution in [2.45, 2.75) is 31.8 Å². The van der Waals surface area contributed by atoms with Gasteiger partial charge in [-0.3, -0.25) is 4.57 Å². The maximum atomic E-state index is 6.36. The first kappa shape index (κ1) is 15.7. The zero-order chi connectivity index (χ0) is 14.5. The molecule has 2 nitrogen and oxygen atoms in total. The predicted molar refractivity (Wildman–Crippen MR) is 88.8 cm³/mol. The molecule has 5 heteroatoms. The van der Waals surface area contributed by atoms with Crippen molar-refractivity contribution < 1.29 is 0 Å². The van der Waals surface area contributed by atoms with E-state index in [1.165, 1.54) is 0 Å². The molecule has 0 aliphatic carbocycles. The summed E-state index contributed by atoms with van der Waals surface area (Å²) in [5.74, 6) is 1.62. The highest BCUT2D eigenvalue weighted by Gasteiger charge is 2.17. The fourth-order valence-corrected chi connectivity index (χ4v) is 3.41. The lowest BCUT2D eigenvalue weighted by Crippen LogP contribution is -2.04. The van der Waals surface area contributed by atoms with Gasteiger partial charge in [-0.25, -0.2) is 4.98 Å². The van der Waals surface area contributed by atoms with Gasteiger partial charge in [-0.15, -0.1) is 11.6 Å². The van der Waals surface area contributed by atoms with Crippen LogP contribution in [-0.4, -0.2) is 21.2 Å². The lowest BCUT2D eigenvalue weighted by molar-refractivity contribution is 0.840. The molecule has 20 heavy (non-hydrogen) atoms. The molecule has 0 atom stereocenters. The fraction of sp³-hybridized carbons (Fsp3) is 0.400. The Kier molecular flexibility index (Phi) is 5.82. The van der Waals surface area contributed by atoms with Crippen LogP contribution in [0.2, 0.25) is 5.02 Å². The summed E-state index contributed by atoms with van der Waals surface area (Å²) in [5, 5.41) is 1.73. The minimum atomic E-state index is 0.578. The Morgan fingerprint density at radius 2 is 2.05 bits per heavy atom. The van der Waals surface area contributed by atoms with E-state index < -0.39 is 0 Å². The number of alkyl halides is 1. The molecule has 0 fully saturated rings. The van der Waals surface area contributed by atoms with Gasteiger partial charge in [-0.1, -0.05) is 42.4 Å². The average Bonchev–Trinajstić information content (AvgIpc) is 2.74. The van der Waals surface area contributed by atoms with Crippen LogP contribution in [0.3, 0.4) is 0 Å². The van der Waals surface area contributed by atoms with E-state index in [0.717, 1.165) is 45.8 Å². The van der Waals surface area contributed by atoms with Gasteiger partial charge in [0, 0.05) is 23.7 Å². The van der Waals surface area contributed by atoms with Crippen molar-refractivity contribution in [2.24, 2.45) is 0 Å². The maximum Gasteiger partial charge on any atom is 0.173 e. The summed E-state index contributed by atoms with van der Waals surface area (Å²) in [6.07, 6.45) is 1.90. The normalized spacial score (nSPS) is 11.0. The molecule has 2 rings (SSSR count). The minimum absolute atomic E-state index is 0.578. The number of rotatable bonds is 6. The van der Waals surface area contributed by atoms with Crippen molar-refractivity contribution in [2.75, 3.05) is 11.6 Å². The van der Waals surface area contributed by atoms with Crippen molar-refractivity contribution in [3.63, 3.8) is 0 Å². The van der Waals surface area contributed by atoms with E-state index in [-0.39, 0.29) is 0 Å². The van der Waals surface area contributed by atoms with Crippen molar-refractivity contribution in [3.8, 4) is 5.69 Å². The third kappa shape index (κ3) is 3.33. The SMILES string of the molecule is CCCSc1nc(C)c(CCCl)n1-c1ccccc1Cl. The standard InChI is InChI=1S/C15H18Cl2N2S/c1-3-10-20-15-18-11(2)13(8-9-16)19(15)14-7-5-4-6-12(14)17/h4-7H,3,8-10H2,1-2H3. The van der Waals surface area contributed by atoms with Crippen LogP contribution in [0.15, 0.2) is 29.4 Å². The molecule has 0 unspecified atom stereocenters. The van der Waals surface area contributed by atoms with Crippen molar-refractivity contribution in [3.05, 3.63) is 40.7 Å². The first-order valence-electron chi connectivity index (χ1n) is 6.71. The van der Waals surface area contributed by atoms with Crippen LogP contribution in [0.5, 0.6) is 0 Å². The van der Waals surface area contributed by atoms with Crippen LogP contribution in [0.4, 0.5) is 0 Å². The van der Waals surface area contributed by atoms with Gasteiger partial charge in [-0.05, 0) is 25.5 Å². The maximum absolute atomic E-state index is 6.36. The Morgan fingerprint density at radius 3 is 2.70 bits per heavy atom. The summed E-state index contributed by atoms with van der Waals surface area (Å²) in [6.45, 7) is 4.20. The van der Waals surface area contributed by atoms with E-state index in [9.17, 15) is 0 Å². The third-order valence-electron chi connectivity index (χ3n) is 3.00. The second-order valence-electron chi connectivity index (χ2n) is 4.50. The molecular weight excluding hydrogens is 311 g/mol. The van der Waals surface area contributed by atoms with Gasteiger partial charge in [0.25, 0.3) is 0 Å². The lowest BCUT2D eigenvalue weighted by Gasteiger charge is -2.13. The van der Waals surface area contributed by atoms with Crippen LogP contribution in [-0.2, 0) is 6.42 Å². The first-order chi connectivity index (χ1) is 9.69. The number of halogens is 2. The third-order valence-corrected chi connectivity index (χ3v) is 4.66. The number of hydrogen-bond acceptors (Lipinski definition) is 2. The molecule has 1 aromatic heterocycles. The fourth-order valence-electron chi connectivity index (χ4n) is 2.09. The number of imidazole rings is 1. The Bertz CT molecular complexity index is 581.